The number of phenols is 1. The maximum atomic E-state index is 12.7. The number of piperazine rings is 1. The Morgan fingerprint density at radius 3 is 2.64 bits per heavy atom. The number of nitrogens with zero attached hydrogens (tertiary/aromatic N) is 6. The maximum absolute atomic E-state index is 12.7. The monoisotopic (exact) mass is 614 g/mol. The summed E-state index contributed by atoms with van der Waals surface area (Å²) in [6, 6.07) is 12.2. The van der Waals surface area contributed by atoms with Crippen LogP contribution in [0.2, 0.25) is 0 Å². The highest BCUT2D eigenvalue weighted by Gasteiger charge is 2.30. The molecule has 0 saturated carbocycles. The Morgan fingerprint density at radius 1 is 1.07 bits per heavy atom. The first-order valence-electron chi connectivity index (χ1n) is 16.2. The molecule has 6 rings (SSSR count). The highest BCUT2D eigenvalue weighted by molar-refractivity contribution is 5.95. The summed E-state index contributed by atoms with van der Waals surface area (Å²) in [5, 5.41) is 12.7. The molecule has 0 bridgehead atoms. The van der Waals surface area contributed by atoms with E-state index in [2.05, 4.69) is 27.3 Å². The van der Waals surface area contributed by atoms with E-state index in [1.54, 1.807) is 4.90 Å². The highest BCUT2D eigenvalue weighted by atomic mass is 16.6. The number of phenolic OH excluding ortho intramolecular Hbond substituents is 1. The van der Waals surface area contributed by atoms with E-state index in [4.69, 9.17) is 19.4 Å². The smallest absolute Gasteiger partial charge is 0.410 e. The van der Waals surface area contributed by atoms with Crippen LogP contribution in [-0.2, 0) is 17.7 Å². The Morgan fingerprint density at radius 2 is 1.87 bits per heavy atom. The third kappa shape index (κ3) is 7.27. The van der Waals surface area contributed by atoms with Gasteiger partial charge in [-0.15, -0.1) is 6.58 Å². The molecule has 4 heterocycles. The summed E-state index contributed by atoms with van der Waals surface area (Å²) < 4.78 is 12.0. The zero-order valence-electron chi connectivity index (χ0n) is 26.9. The van der Waals surface area contributed by atoms with E-state index in [0.717, 1.165) is 86.5 Å². The van der Waals surface area contributed by atoms with Crippen LogP contribution in [-0.4, -0.2) is 95.5 Å². The summed E-state index contributed by atoms with van der Waals surface area (Å²) in [5.41, 5.74) is 2.61. The minimum absolute atomic E-state index is 0.173. The number of rotatable bonds is 7. The molecule has 0 spiro atoms. The number of hydrogen-bond donors (Lipinski definition) is 1. The molecule has 240 valence electrons. The van der Waals surface area contributed by atoms with E-state index < -0.39 is 5.60 Å². The summed E-state index contributed by atoms with van der Waals surface area (Å²) in [5.74, 6) is 1.40. The second kappa shape index (κ2) is 13.1. The zero-order valence-corrected chi connectivity index (χ0v) is 26.9. The average Bonchev–Trinajstić information content (AvgIpc) is 3.02. The third-order valence-corrected chi connectivity index (χ3v) is 8.87. The zero-order chi connectivity index (χ0) is 31.6. The fourth-order valence-corrected chi connectivity index (χ4v) is 6.67. The van der Waals surface area contributed by atoms with Gasteiger partial charge in [0.15, 0.2) is 0 Å². The summed E-state index contributed by atoms with van der Waals surface area (Å²) >= 11 is 0. The van der Waals surface area contributed by atoms with Crippen molar-refractivity contribution < 1.29 is 19.4 Å². The van der Waals surface area contributed by atoms with Gasteiger partial charge in [-0.05, 0) is 51.5 Å². The second-order valence-electron chi connectivity index (χ2n) is 13.4. The van der Waals surface area contributed by atoms with E-state index in [-0.39, 0.29) is 17.8 Å². The first-order valence-corrected chi connectivity index (χ1v) is 16.2. The quantitative estimate of drug-likeness (QED) is 0.359. The Kier molecular flexibility index (Phi) is 9.03. The lowest BCUT2D eigenvalue weighted by Crippen LogP contribution is -2.47. The molecule has 1 aromatic heterocycles. The van der Waals surface area contributed by atoms with Gasteiger partial charge in [-0.1, -0.05) is 30.3 Å². The van der Waals surface area contributed by atoms with Gasteiger partial charge < -0.3 is 29.3 Å². The molecule has 3 aromatic rings. The van der Waals surface area contributed by atoms with Crippen LogP contribution >= 0.6 is 0 Å². The van der Waals surface area contributed by atoms with Gasteiger partial charge in [-0.3, -0.25) is 4.90 Å². The van der Waals surface area contributed by atoms with Crippen molar-refractivity contribution in [2.75, 3.05) is 68.8 Å². The Balaban J connectivity index is 1.24. The number of piperidine rings is 1. The number of anilines is 2. The average molecular weight is 615 g/mol. The van der Waals surface area contributed by atoms with Crippen LogP contribution in [0.25, 0.3) is 10.8 Å². The summed E-state index contributed by atoms with van der Waals surface area (Å²) in [4.78, 5) is 31.6. The van der Waals surface area contributed by atoms with Crippen molar-refractivity contribution in [3.63, 3.8) is 0 Å². The van der Waals surface area contributed by atoms with E-state index in [9.17, 15) is 9.90 Å². The topological polar surface area (TPSA) is 94.5 Å². The van der Waals surface area contributed by atoms with Crippen molar-refractivity contribution in [1.29, 1.82) is 0 Å². The van der Waals surface area contributed by atoms with Gasteiger partial charge in [0.25, 0.3) is 0 Å². The van der Waals surface area contributed by atoms with Crippen molar-refractivity contribution in [2.45, 2.75) is 52.2 Å². The molecule has 3 aliphatic rings. The number of fused-ring (bicyclic) bond motifs is 2. The Bertz CT molecular complexity index is 1530. The number of aromatic nitrogens is 2. The number of aromatic hydroxyl groups is 1. The molecule has 0 radical (unpaired) electrons. The van der Waals surface area contributed by atoms with E-state index in [1.165, 1.54) is 5.56 Å². The molecule has 45 heavy (non-hydrogen) atoms. The predicted octanol–water partition coefficient (Wildman–Crippen LogP) is 5.23. The van der Waals surface area contributed by atoms with E-state index in [0.29, 0.717) is 32.3 Å². The fraction of sp³-hybridized carbons (Fsp3) is 0.514. The maximum Gasteiger partial charge on any atom is 0.410 e. The minimum atomic E-state index is -0.524. The van der Waals surface area contributed by atoms with Crippen LogP contribution < -0.4 is 14.5 Å². The van der Waals surface area contributed by atoms with Gasteiger partial charge in [0.2, 0.25) is 0 Å². The van der Waals surface area contributed by atoms with Gasteiger partial charge in [0.1, 0.15) is 17.2 Å². The van der Waals surface area contributed by atoms with Crippen LogP contribution in [0.1, 0.15) is 44.9 Å². The summed E-state index contributed by atoms with van der Waals surface area (Å²) in [6.07, 6.45) is 4.37. The predicted molar refractivity (Wildman–Crippen MR) is 177 cm³/mol. The van der Waals surface area contributed by atoms with Crippen LogP contribution in [0.4, 0.5) is 16.3 Å². The lowest BCUT2D eigenvalue weighted by atomic mass is 9.99. The van der Waals surface area contributed by atoms with E-state index >= 15 is 0 Å². The molecule has 10 nitrogen and oxygen atoms in total. The van der Waals surface area contributed by atoms with Crippen molar-refractivity contribution in [2.24, 2.45) is 5.92 Å². The normalized spacial score (nSPS) is 19.4. The number of benzene rings is 2. The molecule has 1 atom stereocenters. The number of amides is 1. The molecule has 1 N–H and O–H groups in total. The van der Waals surface area contributed by atoms with Crippen molar-refractivity contribution in [3.8, 4) is 11.8 Å². The molecule has 3 aliphatic heterocycles. The molecule has 1 amide bonds. The number of carbonyl (C=O) groups is 1. The van der Waals surface area contributed by atoms with Gasteiger partial charge >= 0.3 is 12.1 Å². The second-order valence-corrected chi connectivity index (χ2v) is 13.4. The van der Waals surface area contributed by atoms with Gasteiger partial charge in [0.05, 0.1) is 18.8 Å². The third-order valence-electron chi connectivity index (χ3n) is 8.87. The molecule has 0 aliphatic carbocycles. The summed E-state index contributed by atoms with van der Waals surface area (Å²) in [6.45, 7) is 17.3. The standard InChI is InChI=1S/C35H46N6O4/c1-5-13-38-16-18-39(19-17-38)32-29-12-15-40(31-21-27(42)20-26-10-6-7-11-28(26)31)23-30(29)36-33(37-32)44-24-25-9-8-14-41(22-25)34(43)45-35(2,3)4/h5-7,10-11,20-21,25,42H,1,8-9,12-19,22-24H2,2-4H3/t25-/m1/s1. The van der Waals surface area contributed by atoms with Gasteiger partial charge in [0, 0.05) is 81.0 Å². The van der Waals surface area contributed by atoms with Crippen LogP contribution in [0.15, 0.2) is 49.1 Å². The molecular weight excluding hydrogens is 568 g/mol. The fourth-order valence-electron chi connectivity index (χ4n) is 6.67. The first-order chi connectivity index (χ1) is 21.7. The van der Waals surface area contributed by atoms with Crippen molar-refractivity contribution in [1.82, 2.24) is 19.8 Å². The molecule has 2 aromatic carbocycles. The lowest BCUT2D eigenvalue weighted by Gasteiger charge is -2.38. The number of carbonyl (C=O) groups excluding carboxylic acids is 1. The number of ether oxygens (including phenoxy) is 2. The SMILES string of the molecule is C=CCN1CCN(c2nc(OC[C@@H]3CCCN(C(=O)OC(C)(C)C)C3)nc3c2CCN(c2cc(O)cc4ccccc24)C3)CC1. The number of likely N-dealkylation sites (tertiary alicyclic amines) is 1. The molecule has 2 fully saturated rings. The van der Waals surface area contributed by atoms with Crippen LogP contribution in [0.3, 0.4) is 0 Å². The summed E-state index contributed by atoms with van der Waals surface area (Å²) in [7, 11) is 0. The van der Waals surface area contributed by atoms with Crippen LogP contribution in [0.5, 0.6) is 11.8 Å². The van der Waals surface area contributed by atoms with Crippen molar-refractivity contribution >= 4 is 28.4 Å². The van der Waals surface area contributed by atoms with Gasteiger partial charge in [-0.2, -0.15) is 9.97 Å². The van der Waals surface area contributed by atoms with Crippen LogP contribution in [0, 0.1) is 5.92 Å². The molecule has 10 heteroatoms. The Hall–Kier alpha value is -4.05. The first kappa shape index (κ1) is 31.0. The Labute approximate surface area is 266 Å². The largest absolute Gasteiger partial charge is 0.508 e. The van der Waals surface area contributed by atoms with E-state index in [1.807, 2.05) is 57.2 Å². The van der Waals surface area contributed by atoms with Gasteiger partial charge in [-0.25, -0.2) is 4.79 Å². The molecule has 0 unspecified atom stereocenters. The highest BCUT2D eigenvalue weighted by Crippen LogP contribution is 2.36. The minimum Gasteiger partial charge on any atom is -0.508 e. The lowest BCUT2D eigenvalue weighted by molar-refractivity contribution is 0.0137. The number of hydrogen-bond acceptors (Lipinski definition) is 9. The molecule has 2 saturated heterocycles. The van der Waals surface area contributed by atoms with Crippen molar-refractivity contribution in [3.05, 3.63) is 60.3 Å². The molecular formula is C35H46N6O4.